The number of allylic oxidation sites excluding steroid dienone is 2. The van der Waals surface area contributed by atoms with Crippen LogP contribution in [-0.4, -0.2) is 5.78 Å². The van der Waals surface area contributed by atoms with E-state index in [4.69, 9.17) is 0 Å². The molecule has 1 nitrogen and oxygen atoms in total. The summed E-state index contributed by atoms with van der Waals surface area (Å²) < 4.78 is 0. The molecule has 0 spiro atoms. The highest BCUT2D eigenvalue weighted by Gasteiger charge is 2.27. The molecule has 1 heteroatoms. The third kappa shape index (κ3) is 3.48. The maximum Gasteiger partial charge on any atom is 0.164 e. The van der Waals surface area contributed by atoms with Crippen LogP contribution < -0.4 is 0 Å². The Hall–Kier alpha value is -0.590. The van der Waals surface area contributed by atoms with Gasteiger partial charge in [0.2, 0.25) is 0 Å². The highest BCUT2D eigenvalue weighted by Crippen LogP contribution is 2.28. The first kappa shape index (κ1) is 12.5. The SMILES string of the molecule is CCC(C)(C)C(=O)C1=CCCCCCC1. The minimum Gasteiger partial charge on any atom is -0.294 e. The number of hydrogen-bond acceptors (Lipinski definition) is 1. The third-order valence-electron chi connectivity index (χ3n) is 3.58. The smallest absolute Gasteiger partial charge is 0.164 e. The van der Waals surface area contributed by atoms with Gasteiger partial charge in [0.1, 0.15) is 0 Å². The van der Waals surface area contributed by atoms with E-state index >= 15 is 0 Å². The first-order valence-electron chi connectivity index (χ1n) is 6.32. The van der Waals surface area contributed by atoms with Crippen LogP contribution in [0.15, 0.2) is 11.6 Å². The van der Waals surface area contributed by atoms with Crippen LogP contribution >= 0.6 is 0 Å². The lowest BCUT2D eigenvalue weighted by atomic mass is 9.79. The lowest BCUT2D eigenvalue weighted by molar-refractivity contribution is -0.123. The summed E-state index contributed by atoms with van der Waals surface area (Å²) in [6, 6.07) is 0. The summed E-state index contributed by atoms with van der Waals surface area (Å²) in [5, 5.41) is 0. The van der Waals surface area contributed by atoms with Crippen molar-refractivity contribution < 1.29 is 4.79 Å². The van der Waals surface area contributed by atoms with Crippen LogP contribution in [0.1, 0.15) is 65.7 Å². The van der Waals surface area contributed by atoms with Crippen molar-refractivity contribution in [2.24, 2.45) is 5.41 Å². The van der Waals surface area contributed by atoms with Gasteiger partial charge in [0.15, 0.2) is 5.78 Å². The van der Waals surface area contributed by atoms with Gasteiger partial charge in [0, 0.05) is 5.41 Å². The molecular weight excluding hydrogens is 184 g/mol. The molecule has 0 aromatic carbocycles. The maximum absolute atomic E-state index is 12.2. The Balaban J connectivity index is 2.72. The Morgan fingerprint density at radius 2 is 1.93 bits per heavy atom. The highest BCUT2D eigenvalue weighted by molar-refractivity contribution is 5.99. The molecule has 0 unspecified atom stereocenters. The first-order chi connectivity index (χ1) is 7.08. The molecule has 0 atom stereocenters. The van der Waals surface area contributed by atoms with Crippen LogP contribution in [-0.2, 0) is 4.79 Å². The number of carbonyl (C=O) groups excluding carboxylic acids is 1. The Morgan fingerprint density at radius 3 is 2.60 bits per heavy atom. The topological polar surface area (TPSA) is 17.1 Å². The fourth-order valence-electron chi connectivity index (χ4n) is 1.99. The monoisotopic (exact) mass is 208 g/mol. The number of ketones is 1. The molecule has 0 aromatic heterocycles. The Morgan fingerprint density at radius 1 is 1.27 bits per heavy atom. The van der Waals surface area contributed by atoms with Gasteiger partial charge >= 0.3 is 0 Å². The van der Waals surface area contributed by atoms with Gasteiger partial charge in [-0.1, -0.05) is 39.7 Å². The van der Waals surface area contributed by atoms with Crippen molar-refractivity contribution in [2.45, 2.75) is 65.7 Å². The van der Waals surface area contributed by atoms with E-state index in [2.05, 4.69) is 26.8 Å². The zero-order valence-electron chi connectivity index (χ0n) is 10.4. The lowest BCUT2D eigenvalue weighted by Gasteiger charge is -2.23. The first-order valence-corrected chi connectivity index (χ1v) is 6.32. The second kappa shape index (κ2) is 5.48. The van der Waals surface area contributed by atoms with Gasteiger partial charge in [-0.15, -0.1) is 0 Å². The molecule has 0 bridgehead atoms. The summed E-state index contributed by atoms with van der Waals surface area (Å²) in [5.74, 6) is 0.381. The second-order valence-electron chi connectivity index (χ2n) is 5.25. The van der Waals surface area contributed by atoms with Crippen molar-refractivity contribution in [3.63, 3.8) is 0 Å². The number of Topliss-reactive ketones (excluding diaryl/α,β-unsaturated/α-hetero) is 1. The van der Waals surface area contributed by atoms with Gasteiger partial charge in [0.25, 0.3) is 0 Å². The lowest BCUT2D eigenvalue weighted by Crippen LogP contribution is -2.25. The van der Waals surface area contributed by atoms with Gasteiger partial charge in [-0.25, -0.2) is 0 Å². The van der Waals surface area contributed by atoms with Crippen LogP contribution in [0.2, 0.25) is 0 Å². The molecule has 0 N–H and O–H groups in total. The van der Waals surface area contributed by atoms with Crippen molar-refractivity contribution in [1.29, 1.82) is 0 Å². The minimum absolute atomic E-state index is 0.162. The van der Waals surface area contributed by atoms with Crippen LogP contribution in [0.25, 0.3) is 0 Å². The molecule has 1 aliphatic rings. The van der Waals surface area contributed by atoms with Gasteiger partial charge in [-0.3, -0.25) is 4.79 Å². The van der Waals surface area contributed by atoms with Crippen LogP contribution in [0, 0.1) is 5.41 Å². The van der Waals surface area contributed by atoms with Crippen molar-refractivity contribution >= 4 is 5.78 Å². The number of hydrogen-bond donors (Lipinski definition) is 0. The Labute approximate surface area is 93.9 Å². The summed E-state index contributed by atoms with van der Waals surface area (Å²) >= 11 is 0. The van der Waals surface area contributed by atoms with Gasteiger partial charge in [-0.2, -0.15) is 0 Å². The third-order valence-corrected chi connectivity index (χ3v) is 3.58. The van der Waals surface area contributed by atoms with E-state index in [1.54, 1.807) is 0 Å². The molecule has 0 heterocycles. The standard InChI is InChI=1S/C14H24O/c1-4-14(2,3)13(15)12-10-8-6-5-7-9-11-12/h10H,4-9,11H2,1-3H3. The fourth-order valence-corrected chi connectivity index (χ4v) is 1.99. The molecule has 1 rings (SSSR count). The molecule has 0 radical (unpaired) electrons. The molecule has 15 heavy (non-hydrogen) atoms. The number of carbonyl (C=O) groups is 1. The predicted octanol–water partition coefficient (Wildman–Crippen LogP) is 4.27. The number of rotatable bonds is 3. The summed E-state index contributed by atoms with van der Waals surface area (Å²) in [4.78, 5) is 12.2. The van der Waals surface area contributed by atoms with E-state index in [0.29, 0.717) is 5.78 Å². The summed E-state index contributed by atoms with van der Waals surface area (Å²) in [6.45, 7) is 6.23. The molecule has 0 saturated heterocycles. The summed E-state index contributed by atoms with van der Waals surface area (Å²) in [5.41, 5.74) is 0.937. The van der Waals surface area contributed by atoms with E-state index < -0.39 is 0 Å². The van der Waals surface area contributed by atoms with E-state index in [1.807, 2.05) is 0 Å². The van der Waals surface area contributed by atoms with Crippen molar-refractivity contribution in [1.82, 2.24) is 0 Å². The molecular formula is C14H24O. The molecule has 0 aliphatic heterocycles. The molecule has 0 amide bonds. The van der Waals surface area contributed by atoms with E-state index in [0.717, 1.165) is 24.8 Å². The van der Waals surface area contributed by atoms with Crippen LogP contribution in [0.4, 0.5) is 0 Å². The van der Waals surface area contributed by atoms with E-state index in [-0.39, 0.29) is 5.41 Å². The van der Waals surface area contributed by atoms with Gasteiger partial charge in [0.05, 0.1) is 0 Å². The van der Waals surface area contributed by atoms with E-state index in [1.165, 1.54) is 25.7 Å². The van der Waals surface area contributed by atoms with Crippen molar-refractivity contribution in [2.75, 3.05) is 0 Å². The van der Waals surface area contributed by atoms with Crippen LogP contribution in [0.3, 0.4) is 0 Å². The molecule has 0 aromatic rings. The Kier molecular flexibility index (Phi) is 4.56. The minimum atomic E-state index is -0.162. The zero-order chi connectivity index (χ0) is 11.3. The van der Waals surface area contributed by atoms with Gasteiger partial charge in [-0.05, 0) is 37.7 Å². The maximum atomic E-state index is 12.2. The molecule has 0 fully saturated rings. The second-order valence-corrected chi connectivity index (χ2v) is 5.25. The summed E-state index contributed by atoms with van der Waals surface area (Å²) in [7, 11) is 0. The normalized spacial score (nSPS) is 19.0. The quantitative estimate of drug-likeness (QED) is 0.677. The highest BCUT2D eigenvalue weighted by atomic mass is 16.1. The average molecular weight is 208 g/mol. The molecule has 1 aliphatic carbocycles. The largest absolute Gasteiger partial charge is 0.294 e. The fraction of sp³-hybridized carbons (Fsp3) is 0.786. The average Bonchev–Trinajstić information content (AvgIpc) is 2.16. The van der Waals surface area contributed by atoms with Gasteiger partial charge < -0.3 is 0 Å². The summed E-state index contributed by atoms with van der Waals surface area (Å²) in [6.07, 6.45) is 10.3. The Bertz CT molecular complexity index is 248. The molecule has 0 saturated carbocycles. The van der Waals surface area contributed by atoms with Crippen LogP contribution in [0.5, 0.6) is 0 Å². The van der Waals surface area contributed by atoms with Crippen molar-refractivity contribution in [3.05, 3.63) is 11.6 Å². The van der Waals surface area contributed by atoms with E-state index in [9.17, 15) is 4.79 Å². The molecule has 86 valence electrons. The predicted molar refractivity (Wildman–Crippen MR) is 64.9 cm³/mol. The zero-order valence-corrected chi connectivity index (χ0v) is 10.4. The van der Waals surface area contributed by atoms with Crippen molar-refractivity contribution in [3.8, 4) is 0 Å².